The Morgan fingerprint density at radius 3 is 2.48 bits per heavy atom. The van der Waals surface area contributed by atoms with Gasteiger partial charge in [-0.3, -0.25) is 23.6 Å². The number of benzene rings is 1. The summed E-state index contributed by atoms with van der Waals surface area (Å²) in [5.41, 5.74) is 1.46. The van der Waals surface area contributed by atoms with Crippen LogP contribution in [0.4, 0.5) is 5.69 Å². The van der Waals surface area contributed by atoms with Crippen LogP contribution in [0.2, 0.25) is 0 Å². The molecule has 3 rings (SSSR count). The summed E-state index contributed by atoms with van der Waals surface area (Å²) in [5, 5.41) is 7.22. The van der Waals surface area contributed by atoms with E-state index in [0.29, 0.717) is 35.4 Å². The average Bonchev–Trinajstić information content (AvgIpc) is 3.10. The third-order valence-electron chi connectivity index (χ3n) is 4.76. The van der Waals surface area contributed by atoms with Crippen LogP contribution in [0, 0.1) is 0 Å². The van der Waals surface area contributed by atoms with E-state index in [-0.39, 0.29) is 30.3 Å². The molecule has 2 heterocycles. The van der Waals surface area contributed by atoms with Gasteiger partial charge in [0.15, 0.2) is 5.65 Å². The van der Waals surface area contributed by atoms with E-state index < -0.39 is 0 Å². The first kappa shape index (κ1) is 20.2. The predicted octanol–water partition coefficient (Wildman–Crippen LogP) is 1.64. The van der Waals surface area contributed by atoms with Crippen molar-refractivity contribution >= 4 is 28.5 Å². The summed E-state index contributed by atoms with van der Waals surface area (Å²) in [5.74, 6) is -0.267. The maximum absolute atomic E-state index is 12.4. The van der Waals surface area contributed by atoms with E-state index in [9.17, 15) is 14.4 Å². The Bertz CT molecular complexity index is 1080. The number of hydrogen-bond donors (Lipinski definition) is 1. The van der Waals surface area contributed by atoms with E-state index in [2.05, 4.69) is 15.4 Å². The van der Waals surface area contributed by atoms with Gasteiger partial charge in [-0.05, 0) is 38.1 Å². The number of rotatable bonds is 7. The Balaban J connectivity index is 1.60. The van der Waals surface area contributed by atoms with Crippen LogP contribution in [0.15, 0.2) is 41.6 Å². The van der Waals surface area contributed by atoms with Gasteiger partial charge in [0.1, 0.15) is 5.39 Å². The highest BCUT2D eigenvalue weighted by Gasteiger charge is 2.13. The molecule has 0 radical (unpaired) electrons. The van der Waals surface area contributed by atoms with E-state index in [1.165, 1.54) is 21.8 Å². The van der Waals surface area contributed by atoms with E-state index in [4.69, 9.17) is 0 Å². The number of aromatic nitrogens is 4. The summed E-state index contributed by atoms with van der Waals surface area (Å²) in [4.78, 5) is 42.9. The summed E-state index contributed by atoms with van der Waals surface area (Å²) in [6.07, 6.45) is 3.02. The molecular formula is C20H24N6O3. The zero-order valence-electron chi connectivity index (χ0n) is 16.8. The molecule has 152 valence electrons. The number of carbonyl (C=O) groups is 2. The second-order valence-corrected chi connectivity index (χ2v) is 6.60. The third-order valence-corrected chi connectivity index (χ3v) is 4.76. The molecule has 2 amide bonds. The molecule has 0 fully saturated rings. The highest BCUT2D eigenvalue weighted by Crippen LogP contribution is 2.12. The lowest BCUT2D eigenvalue weighted by atomic mass is 10.1. The number of aryl methyl sites for hydroxylation is 2. The first-order valence-corrected chi connectivity index (χ1v) is 9.51. The molecule has 29 heavy (non-hydrogen) atoms. The maximum atomic E-state index is 12.4. The average molecular weight is 396 g/mol. The van der Waals surface area contributed by atoms with Gasteiger partial charge < -0.3 is 10.2 Å². The van der Waals surface area contributed by atoms with Crippen molar-refractivity contribution in [2.24, 2.45) is 7.05 Å². The molecule has 0 saturated heterocycles. The minimum absolute atomic E-state index is 0.0365. The molecule has 0 saturated carbocycles. The summed E-state index contributed by atoms with van der Waals surface area (Å²) in [6, 6.07) is 6.79. The van der Waals surface area contributed by atoms with Gasteiger partial charge >= 0.3 is 0 Å². The minimum atomic E-state index is -0.231. The van der Waals surface area contributed by atoms with E-state index in [1.807, 2.05) is 13.8 Å². The molecule has 3 aromatic rings. The molecule has 0 unspecified atom stereocenters. The second kappa shape index (κ2) is 8.68. The largest absolute Gasteiger partial charge is 0.339 e. The Morgan fingerprint density at radius 2 is 1.83 bits per heavy atom. The number of anilines is 1. The summed E-state index contributed by atoms with van der Waals surface area (Å²) >= 11 is 0. The van der Waals surface area contributed by atoms with Crippen LogP contribution in [0.25, 0.3) is 11.0 Å². The van der Waals surface area contributed by atoms with Crippen molar-refractivity contribution in [1.29, 1.82) is 0 Å². The van der Waals surface area contributed by atoms with Crippen LogP contribution in [0.1, 0.15) is 30.6 Å². The van der Waals surface area contributed by atoms with Gasteiger partial charge in [0.2, 0.25) is 5.91 Å². The number of amides is 2. The van der Waals surface area contributed by atoms with E-state index in [0.717, 1.165) is 0 Å². The van der Waals surface area contributed by atoms with Crippen LogP contribution in [0.3, 0.4) is 0 Å². The number of nitrogens with one attached hydrogen (secondary N) is 1. The van der Waals surface area contributed by atoms with Crippen molar-refractivity contribution < 1.29 is 9.59 Å². The Morgan fingerprint density at radius 1 is 1.14 bits per heavy atom. The lowest BCUT2D eigenvalue weighted by Crippen LogP contribution is -2.30. The van der Waals surface area contributed by atoms with Crippen LogP contribution < -0.4 is 10.9 Å². The van der Waals surface area contributed by atoms with Gasteiger partial charge in [-0.25, -0.2) is 4.98 Å². The third kappa shape index (κ3) is 4.34. The number of fused-ring (bicyclic) bond motifs is 1. The van der Waals surface area contributed by atoms with Crippen molar-refractivity contribution in [3.63, 3.8) is 0 Å². The topological polar surface area (TPSA) is 102 Å². The van der Waals surface area contributed by atoms with Crippen molar-refractivity contribution in [3.05, 3.63) is 52.7 Å². The van der Waals surface area contributed by atoms with Crippen LogP contribution in [-0.2, 0) is 18.4 Å². The molecule has 0 aliphatic heterocycles. The number of carbonyl (C=O) groups excluding carboxylic acids is 2. The van der Waals surface area contributed by atoms with Crippen LogP contribution >= 0.6 is 0 Å². The SMILES string of the molecule is CCN(CC)C(=O)c1ccc(NC(=O)CCn2cnc3c(cnn3C)c2=O)cc1. The first-order chi connectivity index (χ1) is 13.9. The molecule has 1 N–H and O–H groups in total. The van der Waals surface area contributed by atoms with Crippen molar-refractivity contribution in [3.8, 4) is 0 Å². The zero-order chi connectivity index (χ0) is 21.0. The summed E-state index contributed by atoms with van der Waals surface area (Å²) in [7, 11) is 1.72. The number of nitrogens with zero attached hydrogens (tertiary/aromatic N) is 5. The minimum Gasteiger partial charge on any atom is -0.339 e. The smallest absolute Gasteiger partial charge is 0.264 e. The fourth-order valence-corrected chi connectivity index (χ4v) is 3.06. The van der Waals surface area contributed by atoms with E-state index in [1.54, 1.807) is 36.2 Å². The normalized spacial score (nSPS) is 10.9. The van der Waals surface area contributed by atoms with Crippen molar-refractivity contribution in [2.45, 2.75) is 26.8 Å². The van der Waals surface area contributed by atoms with Gasteiger partial charge in [0, 0.05) is 44.4 Å². The van der Waals surface area contributed by atoms with Gasteiger partial charge in [-0.15, -0.1) is 0 Å². The second-order valence-electron chi connectivity index (χ2n) is 6.60. The van der Waals surface area contributed by atoms with Gasteiger partial charge in [0.05, 0.1) is 12.5 Å². The lowest BCUT2D eigenvalue weighted by Gasteiger charge is -2.18. The first-order valence-electron chi connectivity index (χ1n) is 9.51. The van der Waals surface area contributed by atoms with Crippen molar-refractivity contribution in [2.75, 3.05) is 18.4 Å². The van der Waals surface area contributed by atoms with Gasteiger partial charge in [-0.1, -0.05) is 0 Å². The summed E-state index contributed by atoms with van der Waals surface area (Å²) in [6.45, 7) is 5.37. The fourth-order valence-electron chi connectivity index (χ4n) is 3.06. The molecule has 0 bridgehead atoms. The van der Waals surface area contributed by atoms with Crippen molar-refractivity contribution in [1.82, 2.24) is 24.2 Å². The highest BCUT2D eigenvalue weighted by molar-refractivity contribution is 5.95. The summed E-state index contributed by atoms with van der Waals surface area (Å²) < 4.78 is 2.93. The molecule has 0 spiro atoms. The fraction of sp³-hybridized carbons (Fsp3) is 0.350. The van der Waals surface area contributed by atoms with Gasteiger partial charge in [-0.2, -0.15) is 5.10 Å². The van der Waals surface area contributed by atoms with E-state index >= 15 is 0 Å². The Kier molecular flexibility index (Phi) is 6.06. The molecule has 1 aromatic carbocycles. The lowest BCUT2D eigenvalue weighted by molar-refractivity contribution is -0.116. The molecule has 9 heteroatoms. The quantitative estimate of drug-likeness (QED) is 0.654. The van der Waals surface area contributed by atoms with Gasteiger partial charge in [0.25, 0.3) is 11.5 Å². The monoisotopic (exact) mass is 396 g/mol. The Labute approximate surface area is 168 Å². The maximum Gasteiger partial charge on any atom is 0.264 e. The molecule has 9 nitrogen and oxygen atoms in total. The zero-order valence-corrected chi connectivity index (χ0v) is 16.8. The Hall–Kier alpha value is -3.49. The number of hydrogen-bond acceptors (Lipinski definition) is 5. The van der Waals surface area contributed by atoms with Crippen LogP contribution in [0.5, 0.6) is 0 Å². The molecule has 0 atom stereocenters. The van der Waals surface area contributed by atoms with Crippen LogP contribution in [-0.4, -0.2) is 49.1 Å². The molecular weight excluding hydrogens is 372 g/mol. The molecule has 2 aromatic heterocycles. The molecule has 0 aliphatic rings. The predicted molar refractivity (Wildman–Crippen MR) is 110 cm³/mol. The molecule has 0 aliphatic carbocycles. The highest BCUT2D eigenvalue weighted by atomic mass is 16.2. The standard InChI is InChI=1S/C20H24N6O3/c1-4-25(5-2)19(28)14-6-8-15(9-7-14)23-17(27)10-11-26-13-21-18-16(20(26)29)12-22-24(18)3/h6-9,12-13H,4-5,10-11H2,1-3H3,(H,23,27).